The molecule has 166 valence electrons. The van der Waals surface area contributed by atoms with Crippen LogP contribution in [0.4, 0.5) is 0 Å². The van der Waals surface area contributed by atoms with Crippen molar-refractivity contribution in [2.45, 2.75) is 18.0 Å². The number of dihydropyridines is 1. The second kappa shape index (κ2) is 8.19. The van der Waals surface area contributed by atoms with Crippen molar-refractivity contribution >= 4 is 43.9 Å². The highest BCUT2D eigenvalue weighted by atomic mass is 35.5. The minimum absolute atomic E-state index is 0.190. The average molecular weight is 478 g/mol. The van der Waals surface area contributed by atoms with Gasteiger partial charge in [0.05, 0.1) is 4.90 Å². The van der Waals surface area contributed by atoms with Crippen LogP contribution in [0.3, 0.4) is 0 Å². The van der Waals surface area contributed by atoms with Crippen LogP contribution < -0.4 is 5.32 Å². The number of aromatic nitrogens is 2. The van der Waals surface area contributed by atoms with E-state index in [0.717, 1.165) is 16.7 Å². The predicted molar refractivity (Wildman–Crippen MR) is 130 cm³/mol. The number of aliphatic hydroxyl groups excluding tert-OH is 1. The molecule has 1 unspecified atom stereocenters. The minimum atomic E-state index is -3.83. The van der Waals surface area contributed by atoms with Crippen molar-refractivity contribution in [3.8, 4) is 0 Å². The normalized spacial score (nSPS) is 16.3. The smallest absolute Gasteiger partial charge is 0.269 e. The predicted octanol–water partition coefficient (Wildman–Crippen LogP) is 4.58. The zero-order valence-corrected chi connectivity index (χ0v) is 19.2. The van der Waals surface area contributed by atoms with Crippen LogP contribution in [0.25, 0.3) is 22.3 Å². The summed E-state index contributed by atoms with van der Waals surface area (Å²) in [4.78, 5) is 4.59. The lowest BCUT2D eigenvalue weighted by atomic mass is 9.97. The quantitative estimate of drug-likeness (QED) is 0.449. The molecular formula is C25H20ClN3O3S. The molecule has 4 aromatic rings. The highest BCUT2D eigenvalue weighted by Gasteiger charge is 2.24. The third-order valence-electron chi connectivity index (χ3n) is 5.53. The van der Waals surface area contributed by atoms with E-state index in [4.69, 9.17) is 11.6 Å². The number of nitrogens with zero attached hydrogens (tertiary/aromatic N) is 2. The summed E-state index contributed by atoms with van der Waals surface area (Å²) < 4.78 is 28.0. The van der Waals surface area contributed by atoms with E-state index in [2.05, 4.69) is 10.3 Å². The van der Waals surface area contributed by atoms with E-state index in [1.165, 1.54) is 3.97 Å². The molecule has 0 aliphatic carbocycles. The van der Waals surface area contributed by atoms with Crippen molar-refractivity contribution < 1.29 is 13.5 Å². The van der Waals surface area contributed by atoms with Gasteiger partial charge in [-0.2, -0.15) is 0 Å². The molecule has 0 spiro atoms. The molecule has 0 fully saturated rings. The van der Waals surface area contributed by atoms with E-state index in [9.17, 15) is 13.5 Å². The number of aliphatic hydroxyl groups is 1. The number of nitrogens with one attached hydrogen (secondary N) is 1. The molecule has 5 rings (SSSR count). The molecule has 8 heteroatoms. The molecule has 3 heterocycles. The van der Waals surface area contributed by atoms with Crippen molar-refractivity contribution in [2.75, 3.05) is 0 Å². The van der Waals surface area contributed by atoms with Crippen LogP contribution in [0, 0.1) is 6.92 Å². The van der Waals surface area contributed by atoms with Gasteiger partial charge in [0.25, 0.3) is 10.0 Å². The molecule has 2 N–H and O–H groups in total. The molecule has 0 bridgehead atoms. The summed E-state index contributed by atoms with van der Waals surface area (Å²) in [5, 5.41) is 14.7. The lowest BCUT2D eigenvalue weighted by Gasteiger charge is -2.22. The molecule has 1 aliphatic heterocycles. The molecule has 2 aromatic carbocycles. The largest absolute Gasteiger partial charge is 0.370 e. The van der Waals surface area contributed by atoms with Gasteiger partial charge < -0.3 is 10.4 Å². The molecule has 6 nitrogen and oxygen atoms in total. The van der Waals surface area contributed by atoms with Crippen LogP contribution in [0.2, 0.25) is 5.02 Å². The van der Waals surface area contributed by atoms with E-state index < -0.39 is 16.3 Å². The van der Waals surface area contributed by atoms with Gasteiger partial charge in [-0.3, -0.25) is 0 Å². The Morgan fingerprint density at radius 3 is 2.52 bits per heavy atom. The maximum atomic E-state index is 13.4. The molecule has 0 saturated carbocycles. The summed E-state index contributed by atoms with van der Waals surface area (Å²) in [6.45, 7) is 1.74. The van der Waals surface area contributed by atoms with Crippen LogP contribution in [-0.2, 0) is 10.0 Å². The molecule has 0 radical (unpaired) electrons. The maximum absolute atomic E-state index is 13.4. The second-order valence-corrected chi connectivity index (χ2v) is 9.91. The first kappa shape index (κ1) is 21.5. The molecule has 0 amide bonds. The van der Waals surface area contributed by atoms with E-state index in [-0.39, 0.29) is 4.90 Å². The highest BCUT2D eigenvalue weighted by Crippen LogP contribution is 2.34. The topological polar surface area (TPSA) is 84.2 Å². The van der Waals surface area contributed by atoms with Crippen LogP contribution in [0.5, 0.6) is 0 Å². The molecule has 33 heavy (non-hydrogen) atoms. The van der Waals surface area contributed by atoms with Gasteiger partial charge in [0.1, 0.15) is 6.23 Å². The number of benzene rings is 2. The summed E-state index contributed by atoms with van der Waals surface area (Å²) >= 11 is 6.36. The Kier molecular flexibility index (Phi) is 5.32. The van der Waals surface area contributed by atoms with Gasteiger partial charge >= 0.3 is 0 Å². The highest BCUT2D eigenvalue weighted by molar-refractivity contribution is 7.90. The van der Waals surface area contributed by atoms with Crippen molar-refractivity contribution in [2.24, 2.45) is 0 Å². The third-order valence-corrected chi connectivity index (χ3v) is 7.67. The Hall–Kier alpha value is -3.39. The van der Waals surface area contributed by atoms with Crippen LogP contribution in [0.15, 0.2) is 90.0 Å². The van der Waals surface area contributed by atoms with Crippen LogP contribution in [0.1, 0.15) is 16.8 Å². The molecule has 0 saturated heterocycles. The van der Waals surface area contributed by atoms with E-state index in [1.807, 2.05) is 30.3 Å². The fourth-order valence-corrected chi connectivity index (χ4v) is 5.83. The van der Waals surface area contributed by atoms with Gasteiger partial charge in [-0.1, -0.05) is 48.0 Å². The number of allylic oxidation sites excluding steroid dienone is 2. The zero-order chi connectivity index (χ0) is 23.2. The number of hydrogen-bond acceptors (Lipinski definition) is 5. The number of halogens is 1. The Morgan fingerprint density at radius 1 is 1.03 bits per heavy atom. The zero-order valence-electron chi connectivity index (χ0n) is 17.6. The summed E-state index contributed by atoms with van der Waals surface area (Å²) in [6.07, 6.45) is 4.21. The van der Waals surface area contributed by atoms with Gasteiger partial charge in [-0.15, -0.1) is 0 Å². The Bertz CT molecular complexity index is 1540. The van der Waals surface area contributed by atoms with Gasteiger partial charge in [0, 0.05) is 33.6 Å². The number of fused-ring (bicyclic) bond motifs is 1. The molecule has 1 aliphatic rings. The summed E-state index contributed by atoms with van der Waals surface area (Å²) in [6, 6.07) is 19.3. The van der Waals surface area contributed by atoms with Gasteiger partial charge in [-0.25, -0.2) is 17.4 Å². The first-order valence-electron chi connectivity index (χ1n) is 10.3. The number of aryl methyl sites for hydroxylation is 1. The van der Waals surface area contributed by atoms with E-state index in [1.54, 1.807) is 61.7 Å². The van der Waals surface area contributed by atoms with E-state index in [0.29, 0.717) is 27.4 Å². The van der Waals surface area contributed by atoms with Crippen molar-refractivity contribution in [3.05, 3.63) is 107 Å². The van der Waals surface area contributed by atoms with E-state index >= 15 is 0 Å². The molecular weight excluding hydrogens is 458 g/mol. The average Bonchev–Trinajstić information content (AvgIpc) is 3.16. The number of pyridine rings is 1. The van der Waals surface area contributed by atoms with Crippen molar-refractivity contribution in [3.63, 3.8) is 0 Å². The van der Waals surface area contributed by atoms with Crippen LogP contribution in [-0.4, -0.2) is 28.7 Å². The van der Waals surface area contributed by atoms with Gasteiger partial charge in [0.15, 0.2) is 5.65 Å². The number of hydrogen-bond donors (Lipinski definition) is 2. The SMILES string of the molecule is Cc1cc2c(C3=CC(O)NC(c4ccccc4Cl)=C3)ccnc2n1S(=O)(=O)c1ccccc1. The second-order valence-electron chi connectivity index (χ2n) is 7.71. The third kappa shape index (κ3) is 3.74. The fraction of sp³-hybridized carbons (Fsp3) is 0.0800. The molecule has 1 atom stereocenters. The Labute approximate surface area is 196 Å². The minimum Gasteiger partial charge on any atom is -0.370 e. The monoisotopic (exact) mass is 477 g/mol. The van der Waals surface area contributed by atoms with Crippen molar-refractivity contribution in [1.29, 1.82) is 0 Å². The van der Waals surface area contributed by atoms with Crippen molar-refractivity contribution in [1.82, 2.24) is 14.3 Å². The standard InChI is InChI=1S/C25H20ClN3O3S/c1-16-13-21-19(17-14-23(28-24(30)15-17)20-9-5-6-10-22(20)26)11-12-27-25(21)29(16)33(31,32)18-7-3-2-4-8-18/h2-15,24,28,30H,1H3. The summed E-state index contributed by atoms with van der Waals surface area (Å²) in [5.74, 6) is 0. The first-order valence-corrected chi connectivity index (χ1v) is 12.1. The lowest BCUT2D eigenvalue weighted by molar-refractivity contribution is 0.205. The maximum Gasteiger partial charge on any atom is 0.269 e. The number of rotatable bonds is 4. The molecule has 2 aromatic heterocycles. The van der Waals surface area contributed by atoms with Gasteiger partial charge in [0.2, 0.25) is 0 Å². The summed E-state index contributed by atoms with van der Waals surface area (Å²) in [5.41, 5.74) is 3.79. The Balaban J connectivity index is 1.68. The summed E-state index contributed by atoms with van der Waals surface area (Å²) in [7, 11) is -3.83. The van der Waals surface area contributed by atoms with Crippen LogP contribution >= 0.6 is 11.6 Å². The fourth-order valence-electron chi connectivity index (χ4n) is 4.07. The lowest BCUT2D eigenvalue weighted by Crippen LogP contribution is -2.28. The first-order chi connectivity index (χ1) is 15.9. The Morgan fingerprint density at radius 2 is 1.76 bits per heavy atom. The van der Waals surface area contributed by atoms with Gasteiger partial charge in [-0.05, 0) is 60.5 Å².